The van der Waals surface area contributed by atoms with E-state index in [1.165, 1.54) is 0 Å². The number of nitrogens with one attached hydrogen (secondary N) is 1. The van der Waals surface area contributed by atoms with Crippen LogP contribution in [0.3, 0.4) is 0 Å². The summed E-state index contributed by atoms with van der Waals surface area (Å²) in [5, 5.41) is 4.14. The van der Waals surface area contributed by atoms with Crippen LogP contribution in [0.1, 0.15) is 23.8 Å². The number of carbonyl (C=O) groups is 1. The van der Waals surface area contributed by atoms with Crippen molar-refractivity contribution in [2.24, 2.45) is 0 Å². The Morgan fingerprint density at radius 1 is 1.42 bits per heavy atom. The maximum Gasteiger partial charge on any atom is 0.269 e. The smallest absolute Gasteiger partial charge is 0.269 e. The van der Waals surface area contributed by atoms with Gasteiger partial charge in [-0.2, -0.15) is 0 Å². The first-order chi connectivity index (χ1) is 9.22. The molecule has 0 atom stereocenters. The summed E-state index contributed by atoms with van der Waals surface area (Å²) in [7, 11) is 0. The van der Waals surface area contributed by atoms with E-state index in [0.717, 1.165) is 5.39 Å². The van der Waals surface area contributed by atoms with Crippen LogP contribution in [0.25, 0.3) is 10.9 Å². The van der Waals surface area contributed by atoms with E-state index in [9.17, 15) is 4.79 Å². The van der Waals surface area contributed by atoms with E-state index in [1.807, 2.05) is 24.3 Å². The van der Waals surface area contributed by atoms with Crippen LogP contribution < -0.4 is 5.32 Å². The number of benzene rings is 1. The maximum atomic E-state index is 11.9. The summed E-state index contributed by atoms with van der Waals surface area (Å²) in [6, 6.07) is 9.05. The molecule has 4 heteroatoms. The van der Waals surface area contributed by atoms with Crippen molar-refractivity contribution < 1.29 is 4.79 Å². The lowest BCUT2D eigenvalue weighted by Gasteiger charge is -2.05. The van der Waals surface area contributed by atoms with E-state index in [4.69, 9.17) is 11.6 Å². The highest BCUT2D eigenvalue weighted by molar-refractivity contribution is 6.35. The first kappa shape index (κ1) is 13.4. The van der Waals surface area contributed by atoms with Crippen LogP contribution in [-0.4, -0.2) is 17.4 Å². The molecular formula is C15H13ClN2O. The fourth-order valence-electron chi connectivity index (χ4n) is 1.70. The standard InChI is InChI=1S/C15H13ClN2O/c1-2-3-6-9-17-15(19)14-10-12(16)11-7-4-5-8-13(11)18-14/h4-5,7-8,10H,6,9H2,1H3,(H,17,19). The second-order valence-corrected chi connectivity index (χ2v) is 4.35. The topological polar surface area (TPSA) is 42.0 Å². The van der Waals surface area contributed by atoms with Crippen LogP contribution in [0.5, 0.6) is 0 Å². The number of hydrogen-bond acceptors (Lipinski definition) is 2. The van der Waals surface area contributed by atoms with Gasteiger partial charge in [-0.3, -0.25) is 4.79 Å². The highest BCUT2D eigenvalue weighted by atomic mass is 35.5. The fraction of sp³-hybridized carbons (Fsp3) is 0.200. The summed E-state index contributed by atoms with van der Waals surface area (Å²) >= 11 is 6.15. The highest BCUT2D eigenvalue weighted by Gasteiger charge is 2.10. The minimum Gasteiger partial charge on any atom is -0.350 e. The van der Waals surface area contributed by atoms with Crippen molar-refractivity contribution in [1.82, 2.24) is 10.3 Å². The van der Waals surface area contributed by atoms with E-state index >= 15 is 0 Å². The Hall–Kier alpha value is -2.05. The van der Waals surface area contributed by atoms with Crippen LogP contribution >= 0.6 is 11.6 Å². The second kappa shape index (κ2) is 6.21. The van der Waals surface area contributed by atoms with Gasteiger partial charge in [0.15, 0.2) is 0 Å². The maximum absolute atomic E-state index is 11.9. The molecule has 0 saturated heterocycles. The quantitative estimate of drug-likeness (QED) is 0.689. The zero-order chi connectivity index (χ0) is 13.7. The molecule has 2 rings (SSSR count). The number of hydrogen-bond donors (Lipinski definition) is 1. The van der Waals surface area contributed by atoms with Crippen molar-refractivity contribution in [3.8, 4) is 11.8 Å². The lowest BCUT2D eigenvalue weighted by atomic mass is 10.2. The molecule has 96 valence electrons. The van der Waals surface area contributed by atoms with Gasteiger partial charge in [-0.1, -0.05) is 29.8 Å². The molecule has 0 fully saturated rings. The van der Waals surface area contributed by atoms with Crippen LogP contribution in [0.2, 0.25) is 5.02 Å². The van der Waals surface area contributed by atoms with E-state index in [0.29, 0.717) is 29.2 Å². The van der Waals surface area contributed by atoms with Gasteiger partial charge < -0.3 is 5.32 Å². The number of rotatable bonds is 3. The number of aromatic nitrogens is 1. The number of carbonyl (C=O) groups excluding carboxylic acids is 1. The number of nitrogens with zero attached hydrogens (tertiary/aromatic N) is 1. The third kappa shape index (κ3) is 3.24. The predicted octanol–water partition coefficient (Wildman–Crippen LogP) is 3.03. The zero-order valence-electron chi connectivity index (χ0n) is 10.5. The SMILES string of the molecule is CC#CCCNC(=O)c1cc(Cl)c2ccccc2n1. The molecule has 1 heterocycles. The monoisotopic (exact) mass is 272 g/mol. The van der Waals surface area contributed by atoms with Crippen molar-refractivity contribution >= 4 is 28.4 Å². The highest BCUT2D eigenvalue weighted by Crippen LogP contribution is 2.22. The van der Waals surface area contributed by atoms with Gasteiger partial charge in [0.2, 0.25) is 0 Å². The van der Waals surface area contributed by atoms with Crippen molar-refractivity contribution in [3.05, 3.63) is 41.0 Å². The molecule has 1 amide bonds. The molecule has 0 radical (unpaired) electrons. The van der Waals surface area contributed by atoms with Crippen LogP contribution in [0, 0.1) is 11.8 Å². The molecule has 0 saturated carbocycles. The predicted molar refractivity (Wildman–Crippen MR) is 77.2 cm³/mol. The molecular weight excluding hydrogens is 260 g/mol. The summed E-state index contributed by atoms with van der Waals surface area (Å²) in [4.78, 5) is 16.2. The number of fused-ring (bicyclic) bond motifs is 1. The largest absolute Gasteiger partial charge is 0.350 e. The van der Waals surface area contributed by atoms with Crippen molar-refractivity contribution in [2.75, 3.05) is 6.54 Å². The summed E-state index contributed by atoms with van der Waals surface area (Å²) in [5.41, 5.74) is 1.04. The summed E-state index contributed by atoms with van der Waals surface area (Å²) in [6.45, 7) is 2.28. The molecule has 2 aromatic rings. The minimum atomic E-state index is -0.231. The minimum absolute atomic E-state index is 0.231. The Balaban J connectivity index is 2.20. The van der Waals surface area contributed by atoms with Gasteiger partial charge in [0.25, 0.3) is 5.91 Å². The van der Waals surface area contributed by atoms with E-state index in [-0.39, 0.29) is 5.91 Å². The van der Waals surface area contributed by atoms with Crippen LogP contribution in [0.15, 0.2) is 30.3 Å². The van der Waals surface area contributed by atoms with Crippen LogP contribution in [0.4, 0.5) is 0 Å². The Morgan fingerprint density at radius 3 is 3.00 bits per heavy atom. The molecule has 0 aliphatic rings. The number of halogens is 1. The summed E-state index contributed by atoms with van der Waals surface area (Å²) < 4.78 is 0. The molecule has 0 spiro atoms. The van der Waals surface area contributed by atoms with Crippen molar-refractivity contribution in [2.45, 2.75) is 13.3 Å². The molecule has 19 heavy (non-hydrogen) atoms. The fourth-order valence-corrected chi connectivity index (χ4v) is 1.97. The van der Waals surface area contributed by atoms with Gasteiger partial charge in [-0.15, -0.1) is 11.8 Å². The molecule has 3 nitrogen and oxygen atoms in total. The first-order valence-corrected chi connectivity index (χ1v) is 6.33. The second-order valence-electron chi connectivity index (χ2n) is 3.94. The molecule has 0 bridgehead atoms. The average molecular weight is 273 g/mol. The third-order valence-electron chi connectivity index (χ3n) is 2.61. The van der Waals surface area contributed by atoms with Crippen LogP contribution in [-0.2, 0) is 0 Å². The Kier molecular flexibility index (Phi) is 4.38. The normalized spacial score (nSPS) is 9.79. The van der Waals surface area contributed by atoms with Crippen molar-refractivity contribution in [1.29, 1.82) is 0 Å². The zero-order valence-corrected chi connectivity index (χ0v) is 11.3. The van der Waals surface area contributed by atoms with Gasteiger partial charge in [0, 0.05) is 18.4 Å². The molecule has 0 unspecified atom stereocenters. The first-order valence-electron chi connectivity index (χ1n) is 5.95. The lowest BCUT2D eigenvalue weighted by molar-refractivity contribution is 0.0950. The van der Waals surface area contributed by atoms with Crippen molar-refractivity contribution in [3.63, 3.8) is 0 Å². The van der Waals surface area contributed by atoms with Gasteiger partial charge in [-0.05, 0) is 19.1 Å². The Bertz CT molecular complexity index is 671. The van der Waals surface area contributed by atoms with Gasteiger partial charge in [0.05, 0.1) is 10.5 Å². The molecule has 1 N–H and O–H groups in total. The van der Waals surface area contributed by atoms with Gasteiger partial charge >= 0.3 is 0 Å². The van der Waals surface area contributed by atoms with E-state index in [1.54, 1.807) is 13.0 Å². The number of amides is 1. The molecule has 1 aromatic heterocycles. The lowest BCUT2D eigenvalue weighted by Crippen LogP contribution is -2.25. The summed E-state index contributed by atoms with van der Waals surface area (Å²) in [6.07, 6.45) is 0.629. The average Bonchev–Trinajstić information content (AvgIpc) is 2.43. The van der Waals surface area contributed by atoms with Gasteiger partial charge in [0.1, 0.15) is 5.69 Å². The van der Waals surface area contributed by atoms with E-state index in [2.05, 4.69) is 22.1 Å². The molecule has 0 aliphatic carbocycles. The number of pyridine rings is 1. The summed E-state index contributed by atoms with van der Waals surface area (Å²) in [5.74, 6) is 5.43. The Morgan fingerprint density at radius 2 is 2.21 bits per heavy atom. The third-order valence-corrected chi connectivity index (χ3v) is 2.92. The molecule has 0 aliphatic heterocycles. The van der Waals surface area contributed by atoms with E-state index < -0.39 is 0 Å². The van der Waals surface area contributed by atoms with Gasteiger partial charge in [-0.25, -0.2) is 4.98 Å². The Labute approximate surface area is 117 Å². The number of para-hydroxylation sites is 1. The molecule has 1 aromatic carbocycles.